The number of halogens is 3. The molecule has 3 rings (SSSR count). The van der Waals surface area contributed by atoms with Crippen molar-refractivity contribution in [1.82, 2.24) is 25.5 Å². The fraction of sp³-hybridized carbons (Fsp3) is 0.417. The van der Waals surface area contributed by atoms with Crippen LogP contribution in [0.3, 0.4) is 0 Å². The number of H-pyrrole nitrogens is 1. The van der Waals surface area contributed by atoms with Gasteiger partial charge in [0.15, 0.2) is 0 Å². The van der Waals surface area contributed by atoms with E-state index in [1.807, 2.05) is 17.0 Å². The fourth-order valence-electron chi connectivity index (χ4n) is 2.30. The summed E-state index contributed by atoms with van der Waals surface area (Å²) in [5, 5.41) is 8.52. The zero-order chi connectivity index (χ0) is 15.9. The molecule has 0 atom stereocenters. The third-order valence-electron chi connectivity index (χ3n) is 3.54. The summed E-state index contributed by atoms with van der Waals surface area (Å²) < 4.78 is 38.8. The van der Waals surface area contributed by atoms with Crippen LogP contribution in [0.2, 0.25) is 0 Å². The SMILES string of the molecule is CNC1CN(c2cc(-c3cn[nH]c3C(F)(F)F)nc(N)n2)C1. The van der Waals surface area contributed by atoms with Crippen molar-refractivity contribution in [2.24, 2.45) is 0 Å². The topological polar surface area (TPSA) is 95.8 Å². The second-order valence-corrected chi connectivity index (χ2v) is 5.02. The van der Waals surface area contributed by atoms with Gasteiger partial charge in [0.2, 0.25) is 5.95 Å². The molecule has 0 aromatic carbocycles. The number of hydrogen-bond donors (Lipinski definition) is 3. The van der Waals surface area contributed by atoms with Crippen LogP contribution in [-0.2, 0) is 6.18 Å². The van der Waals surface area contributed by atoms with Gasteiger partial charge in [0, 0.05) is 25.2 Å². The first kappa shape index (κ1) is 14.6. The van der Waals surface area contributed by atoms with Crippen LogP contribution in [0.5, 0.6) is 0 Å². The molecular formula is C12H14F3N7. The zero-order valence-electron chi connectivity index (χ0n) is 11.6. The second kappa shape index (κ2) is 5.13. The van der Waals surface area contributed by atoms with Crippen LogP contribution in [0.4, 0.5) is 24.9 Å². The summed E-state index contributed by atoms with van der Waals surface area (Å²) in [5.41, 5.74) is 4.63. The van der Waals surface area contributed by atoms with E-state index >= 15 is 0 Å². The number of nitrogen functional groups attached to an aromatic ring is 1. The van der Waals surface area contributed by atoms with Gasteiger partial charge in [-0.3, -0.25) is 5.10 Å². The minimum Gasteiger partial charge on any atom is -0.368 e. The lowest BCUT2D eigenvalue weighted by Gasteiger charge is -2.40. The van der Waals surface area contributed by atoms with E-state index in [4.69, 9.17) is 5.73 Å². The normalized spacial score (nSPS) is 15.9. The molecule has 0 spiro atoms. The zero-order valence-corrected chi connectivity index (χ0v) is 11.6. The van der Waals surface area contributed by atoms with Crippen molar-refractivity contribution in [3.63, 3.8) is 0 Å². The summed E-state index contributed by atoms with van der Waals surface area (Å²) in [6.45, 7) is 1.42. The number of alkyl halides is 3. The molecule has 22 heavy (non-hydrogen) atoms. The number of aromatic nitrogens is 4. The summed E-state index contributed by atoms with van der Waals surface area (Å²) in [7, 11) is 1.85. The number of anilines is 2. The molecule has 0 unspecified atom stereocenters. The number of nitrogens with zero attached hydrogens (tertiary/aromatic N) is 4. The van der Waals surface area contributed by atoms with E-state index < -0.39 is 11.9 Å². The number of rotatable bonds is 3. The van der Waals surface area contributed by atoms with Gasteiger partial charge in [0.25, 0.3) is 0 Å². The number of nitrogens with two attached hydrogens (primary N) is 1. The Bertz CT molecular complexity index is 676. The molecule has 2 aromatic rings. The first-order valence-electron chi connectivity index (χ1n) is 6.56. The Hall–Kier alpha value is -2.36. The van der Waals surface area contributed by atoms with E-state index in [1.54, 1.807) is 0 Å². The van der Waals surface area contributed by atoms with Gasteiger partial charge in [0.1, 0.15) is 11.5 Å². The third-order valence-corrected chi connectivity index (χ3v) is 3.54. The largest absolute Gasteiger partial charge is 0.433 e. The van der Waals surface area contributed by atoms with Crippen LogP contribution >= 0.6 is 0 Å². The molecule has 0 bridgehead atoms. The molecule has 4 N–H and O–H groups in total. The maximum atomic E-state index is 12.9. The van der Waals surface area contributed by atoms with Gasteiger partial charge in [-0.25, -0.2) is 4.98 Å². The first-order chi connectivity index (χ1) is 10.4. The van der Waals surface area contributed by atoms with Crippen molar-refractivity contribution in [2.75, 3.05) is 30.8 Å². The second-order valence-electron chi connectivity index (χ2n) is 5.02. The lowest BCUT2D eigenvalue weighted by molar-refractivity contribution is -0.140. The predicted octanol–water partition coefficient (Wildman–Crippen LogP) is 0.876. The standard InChI is InChI=1S/C12H14F3N7/c1-17-6-4-22(5-6)9-2-8(19-11(16)20-9)7-3-18-21-10(7)12(13,14)15/h2-3,6,17H,4-5H2,1H3,(H,18,21)(H2,16,19,20). The molecule has 7 nitrogen and oxygen atoms in total. The Morgan fingerprint density at radius 2 is 2.09 bits per heavy atom. The van der Waals surface area contributed by atoms with E-state index in [-0.39, 0.29) is 17.2 Å². The quantitative estimate of drug-likeness (QED) is 0.778. The Morgan fingerprint density at radius 1 is 1.36 bits per heavy atom. The van der Waals surface area contributed by atoms with Crippen molar-refractivity contribution in [3.05, 3.63) is 18.0 Å². The van der Waals surface area contributed by atoms with Crippen molar-refractivity contribution < 1.29 is 13.2 Å². The maximum Gasteiger partial charge on any atom is 0.433 e. The molecule has 1 aliphatic rings. The van der Waals surface area contributed by atoms with E-state index in [0.29, 0.717) is 24.9 Å². The van der Waals surface area contributed by atoms with Crippen LogP contribution in [0.25, 0.3) is 11.3 Å². The van der Waals surface area contributed by atoms with E-state index in [1.165, 1.54) is 6.07 Å². The van der Waals surface area contributed by atoms with Crippen molar-refractivity contribution >= 4 is 11.8 Å². The highest BCUT2D eigenvalue weighted by atomic mass is 19.4. The summed E-state index contributed by atoms with van der Waals surface area (Å²) in [6.07, 6.45) is -3.46. The molecule has 1 saturated heterocycles. The summed E-state index contributed by atoms with van der Waals surface area (Å²) in [4.78, 5) is 9.89. The van der Waals surface area contributed by atoms with Gasteiger partial charge in [-0.1, -0.05) is 0 Å². The highest BCUT2D eigenvalue weighted by molar-refractivity contribution is 5.67. The van der Waals surface area contributed by atoms with Crippen molar-refractivity contribution in [3.8, 4) is 11.3 Å². The van der Waals surface area contributed by atoms with Crippen LogP contribution in [-0.4, -0.2) is 46.3 Å². The van der Waals surface area contributed by atoms with Crippen LogP contribution in [0, 0.1) is 0 Å². The number of likely N-dealkylation sites (N-methyl/N-ethyl adjacent to an activating group) is 1. The summed E-state index contributed by atoms with van der Waals surface area (Å²) in [5.74, 6) is 0.429. The molecular weight excluding hydrogens is 299 g/mol. The van der Waals surface area contributed by atoms with E-state index in [0.717, 1.165) is 6.20 Å². The van der Waals surface area contributed by atoms with Crippen LogP contribution < -0.4 is 16.0 Å². The highest BCUT2D eigenvalue weighted by Crippen LogP contribution is 2.35. The number of nitrogens with one attached hydrogen (secondary N) is 2. The predicted molar refractivity (Wildman–Crippen MR) is 74.1 cm³/mol. The molecule has 0 amide bonds. The van der Waals surface area contributed by atoms with Gasteiger partial charge >= 0.3 is 6.18 Å². The van der Waals surface area contributed by atoms with Gasteiger partial charge in [-0.15, -0.1) is 0 Å². The highest BCUT2D eigenvalue weighted by Gasteiger charge is 2.36. The van der Waals surface area contributed by atoms with Gasteiger partial charge in [-0.05, 0) is 7.05 Å². The molecule has 118 valence electrons. The van der Waals surface area contributed by atoms with Gasteiger partial charge in [-0.2, -0.15) is 23.3 Å². The average molecular weight is 313 g/mol. The Balaban J connectivity index is 1.96. The van der Waals surface area contributed by atoms with Crippen molar-refractivity contribution in [2.45, 2.75) is 12.2 Å². The Kier molecular flexibility index (Phi) is 3.39. The van der Waals surface area contributed by atoms with Gasteiger partial charge < -0.3 is 16.0 Å². The van der Waals surface area contributed by atoms with Crippen LogP contribution in [0.15, 0.2) is 12.3 Å². The molecule has 1 aliphatic heterocycles. The van der Waals surface area contributed by atoms with E-state index in [9.17, 15) is 13.2 Å². The minimum atomic E-state index is -4.54. The van der Waals surface area contributed by atoms with Crippen molar-refractivity contribution in [1.29, 1.82) is 0 Å². The third kappa shape index (κ3) is 2.56. The van der Waals surface area contributed by atoms with Crippen LogP contribution in [0.1, 0.15) is 5.69 Å². The lowest BCUT2D eigenvalue weighted by atomic mass is 10.1. The Morgan fingerprint density at radius 3 is 2.73 bits per heavy atom. The smallest absolute Gasteiger partial charge is 0.368 e. The fourth-order valence-corrected chi connectivity index (χ4v) is 2.30. The number of aromatic amines is 1. The molecule has 0 radical (unpaired) electrons. The molecule has 0 saturated carbocycles. The maximum absolute atomic E-state index is 12.9. The first-order valence-corrected chi connectivity index (χ1v) is 6.56. The monoisotopic (exact) mass is 313 g/mol. The molecule has 10 heteroatoms. The van der Waals surface area contributed by atoms with E-state index in [2.05, 4.69) is 20.4 Å². The summed E-state index contributed by atoms with van der Waals surface area (Å²) in [6, 6.07) is 1.82. The average Bonchev–Trinajstić information content (AvgIpc) is 2.85. The minimum absolute atomic E-state index is 0.0743. The molecule has 3 heterocycles. The number of hydrogen-bond acceptors (Lipinski definition) is 6. The van der Waals surface area contributed by atoms with Gasteiger partial charge in [0.05, 0.1) is 17.5 Å². The molecule has 1 fully saturated rings. The molecule has 2 aromatic heterocycles. The summed E-state index contributed by atoms with van der Waals surface area (Å²) >= 11 is 0. The molecule has 0 aliphatic carbocycles. The lowest BCUT2D eigenvalue weighted by Crippen LogP contribution is -2.57. The Labute approximate surface area is 123 Å².